The molecule has 0 bridgehead atoms. The number of benzene rings is 1. The van der Waals surface area contributed by atoms with Crippen LogP contribution in [0.4, 0.5) is 5.82 Å². The van der Waals surface area contributed by atoms with Crippen molar-refractivity contribution in [1.82, 2.24) is 19.3 Å². The van der Waals surface area contributed by atoms with Crippen LogP contribution in [0.3, 0.4) is 0 Å². The van der Waals surface area contributed by atoms with E-state index in [1.54, 1.807) is 6.20 Å². The second kappa shape index (κ2) is 6.88. The third-order valence-corrected chi connectivity index (χ3v) is 5.63. The fraction of sp³-hybridized carbons (Fsp3) is 0.261. The van der Waals surface area contributed by atoms with Crippen LogP contribution in [0, 0.1) is 0 Å². The van der Waals surface area contributed by atoms with E-state index in [0.29, 0.717) is 5.56 Å². The predicted octanol–water partition coefficient (Wildman–Crippen LogP) is 3.93. The maximum atomic E-state index is 13.3. The molecule has 4 aromatic rings. The topological polar surface area (TPSA) is 53.7 Å². The molecule has 0 saturated carbocycles. The first-order valence-corrected chi connectivity index (χ1v) is 9.92. The molecular weight excluding hydrogens is 362 g/mol. The summed E-state index contributed by atoms with van der Waals surface area (Å²) in [6.07, 6.45) is 7.66. The van der Waals surface area contributed by atoms with Crippen molar-refractivity contribution in [2.75, 3.05) is 25.5 Å². The van der Waals surface area contributed by atoms with E-state index in [2.05, 4.69) is 21.6 Å². The van der Waals surface area contributed by atoms with Crippen molar-refractivity contribution in [2.45, 2.75) is 18.9 Å². The summed E-state index contributed by atoms with van der Waals surface area (Å²) in [6.45, 7) is 0.735. The van der Waals surface area contributed by atoms with E-state index in [1.807, 2.05) is 66.5 Å². The minimum atomic E-state index is -0.0283. The van der Waals surface area contributed by atoms with Gasteiger partial charge in [0.05, 0.1) is 28.3 Å². The molecule has 0 radical (unpaired) electrons. The Labute approximate surface area is 169 Å². The van der Waals surface area contributed by atoms with E-state index in [4.69, 9.17) is 4.98 Å². The van der Waals surface area contributed by atoms with Crippen LogP contribution < -0.4 is 4.90 Å². The SMILES string of the molecule is CN(C)c1nc(C2CCCN2C(=O)c2cnc3ccccc3c2)cn2cccc12. The molecule has 4 heterocycles. The maximum Gasteiger partial charge on any atom is 0.256 e. The van der Waals surface area contributed by atoms with Crippen LogP contribution in [0.2, 0.25) is 0 Å². The number of likely N-dealkylation sites (tertiary alicyclic amines) is 1. The van der Waals surface area contributed by atoms with Gasteiger partial charge in [0.25, 0.3) is 5.91 Å². The van der Waals surface area contributed by atoms with Gasteiger partial charge < -0.3 is 14.2 Å². The Morgan fingerprint density at radius 3 is 2.90 bits per heavy atom. The highest BCUT2D eigenvalue weighted by atomic mass is 16.2. The molecule has 1 fully saturated rings. The Hall–Kier alpha value is -3.41. The van der Waals surface area contributed by atoms with Crippen LogP contribution in [0.15, 0.2) is 61.1 Å². The highest BCUT2D eigenvalue weighted by Crippen LogP contribution is 2.34. The number of carbonyl (C=O) groups is 1. The number of aromatic nitrogens is 3. The molecule has 6 nitrogen and oxygen atoms in total. The van der Waals surface area contributed by atoms with Crippen molar-refractivity contribution in [3.05, 3.63) is 72.3 Å². The van der Waals surface area contributed by atoms with Gasteiger partial charge in [-0.3, -0.25) is 9.78 Å². The average Bonchev–Trinajstić information content (AvgIpc) is 3.41. The summed E-state index contributed by atoms with van der Waals surface area (Å²) in [6, 6.07) is 13.9. The average molecular weight is 385 g/mol. The summed E-state index contributed by atoms with van der Waals surface area (Å²) in [5, 5.41) is 0.982. The van der Waals surface area contributed by atoms with Gasteiger partial charge in [0.1, 0.15) is 0 Å². The normalized spacial score (nSPS) is 16.6. The Morgan fingerprint density at radius 1 is 1.17 bits per heavy atom. The van der Waals surface area contributed by atoms with Crippen molar-refractivity contribution < 1.29 is 4.79 Å². The quantitative estimate of drug-likeness (QED) is 0.536. The van der Waals surface area contributed by atoms with Gasteiger partial charge in [0.15, 0.2) is 5.82 Å². The monoisotopic (exact) mass is 385 g/mol. The van der Waals surface area contributed by atoms with Crippen molar-refractivity contribution in [3.63, 3.8) is 0 Å². The van der Waals surface area contributed by atoms with Gasteiger partial charge >= 0.3 is 0 Å². The molecule has 0 spiro atoms. The first-order chi connectivity index (χ1) is 14.1. The summed E-state index contributed by atoms with van der Waals surface area (Å²) in [7, 11) is 3.99. The molecule has 29 heavy (non-hydrogen) atoms. The molecule has 1 saturated heterocycles. The number of anilines is 1. The molecule has 1 aliphatic heterocycles. The second-order valence-corrected chi connectivity index (χ2v) is 7.76. The van der Waals surface area contributed by atoms with E-state index in [-0.39, 0.29) is 11.9 Å². The lowest BCUT2D eigenvalue weighted by Gasteiger charge is -2.26. The smallest absolute Gasteiger partial charge is 0.256 e. The number of nitrogens with zero attached hydrogens (tertiary/aromatic N) is 5. The van der Waals surface area contributed by atoms with Gasteiger partial charge in [0.2, 0.25) is 0 Å². The molecule has 0 aliphatic carbocycles. The van der Waals surface area contributed by atoms with Crippen molar-refractivity contribution in [2.24, 2.45) is 0 Å². The van der Waals surface area contributed by atoms with Gasteiger partial charge in [-0.2, -0.15) is 0 Å². The third-order valence-electron chi connectivity index (χ3n) is 5.63. The van der Waals surface area contributed by atoms with E-state index >= 15 is 0 Å². The van der Waals surface area contributed by atoms with E-state index < -0.39 is 0 Å². The lowest BCUT2D eigenvalue weighted by Crippen LogP contribution is -2.31. The van der Waals surface area contributed by atoms with E-state index in [0.717, 1.165) is 47.3 Å². The summed E-state index contributed by atoms with van der Waals surface area (Å²) in [5.41, 5.74) is 3.52. The minimum Gasteiger partial charge on any atom is -0.361 e. The molecule has 146 valence electrons. The molecule has 1 unspecified atom stereocenters. The fourth-order valence-electron chi connectivity index (χ4n) is 4.21. The maximum absolute atomic E-state index is 13.3. The zero-order valence-electron chi connectivity index (χ0n) is 16.6. The van der Waals surface area contributed by atoms with Gasteiger partial charge in [-0.05, 0) is 37.1 Å². The van der Waals surface area contributed by atoms with Crippen LogP contribution in [0.5, 0.6) is 0 Å². The third kappa shape index (κ3) is 3.01. The summed E-state index contributed by atoms with van der Waals surface area (Å²) in [5.74, 6) is 0.936. The lowest BCUT2D eigenvalue weighted by molar-refractivity contribution is 0.0732. The molecule has 1 atom stereocenters. The Bertz CT molecular complexity index is 1210. The van der Waals surface area contributed by atoms with E-state index in [9.17, 15) is 4.79 Å². The Morgan fingerprint density at radius 2 is 2.03 bits per heavy atom. The van der Waals surface area contributed by atoms with Gasteiger partial charge in [-0.15, -0.1) is 0 Å². The summed E-state index contributed by atoms with van der Waals surface area (Å²) in [4.78, 5) is 26.7. The number of pyridine rings is 1. The minimum absolute atomic E-state index is 0.0200. The molecule has 0 N–H and O–H groups in total. The fourth-order valence-corrected chi connectivity index (χ4v) is 4.21. The van der Waals surface area contributed by atoms with E-state index in [1.165, 1.54) is 0 Å². The zero-order chi connectivity index (χ0) is 20.0. The first kappa shape index (κ1) is 17.7. The number of carbonyl (C=O) groups excluding carboxylic acids is 1. The summed E-state index contributed by atoms with van der Waals surface area (Å²) < 4.78 is 2.09. The molecule has 1 aromatic carbocycles. The second-order valence-electron chi connectivity index (χ2n) is 7.76. The lowest BCUT2D eigenvalue weighted by atomic mass is 10.1. The van der Waals surface area contributed by atoms with Crippen LogP contribution in [-0.2, 0) is 0 Å². The number of hydrogen-bond donors (Lipinski definition) is 0. The van der Waals surface area contributed by atoms with Gasteiger partial charge in [-0.1, -0.05) is 18.2 Å². The highest BCUT2D eigenvalue weighted by molar-refractivity contribution is 5.97. The predicted molar refractivity (Wildman–Crippen MR) is 114 cm³/mol. The molecule has 3 aromatic heterocycles. The van der Waals surface area contributed by atoms with Crippen molar-refractivity contribution in [1.29, 1.82) is 0 Å². The number of amides is 1. The summed E-state index contributed by atoms with van der Waals surface area (Å²) >= 11 is 0. The molecule has 1 aliphatic rings. The number of fused-ring (bicyclic) bond motifs is 2. The molecular formula is C23H23N5O. The number of rotatable bonds is 3. The first-order valence-electron chi connectivity index (χ1n) is 9.92. The van der Waals surface area contributed by atoms with Crippen LogP contribution in [-0.4, -0.2) is 45.8 Å². The van der Waals surface area contributed by atoms with Crippen LogP contribution in [0.1, 0.15) is 34.9 Å². The molecule has 5 rings (SSSR count). The van der Waals surface area contributed by atoms with Crippen LogP contribution in [0.25, 0.3) is 16.4 Å². The zero-order valence-corrected chi connectivity index (χ0v) is 16.6. The molecule has 1 amide bonds. The van der Waals surface area contributed by atoms with Crippen molar-refractivity contribution in [3.8, 4) is 0 Å². The molecule has 6 heteroatoms. The number of para-hydroxylation sites is 1. The number of hydrogen-bond acceptors (Lipinski definition) is 4. The van der Waals surface area contributed by atoms with Crippen molar-refractivity contribution >= 4 is 28.1 Å². The Kier molecular flexibility index (Phi) is 4.19. The standard InChI is InChI=1S/C23H23N5O/c1-26(2)22-21-10-5-11-27(21)15-19(25-22)20-9-6-12-28(20)23(29)17-13-16-7-3-4-8-18(16)24-14-17/h3-5,7-8,10-11,13-15,20H,6,9,12H2,1-2H3. The van der Waals surface area contributed by atoms with Gasteiger partial charge in [-0.25, -0.2) is 4.98 Å². The highest BCUT2D eigenvalue weighted by Gasteiger charge is 2.32. The Balaban J connectivity index is 1.52. The largest absolute Gasteiger partial charge is 0.361 e. The van der Waals surface area contributed by atoms with Crippen LogP contribution >= 0.6 is 0 Å². The van der Waals surface area contributed by atoms with Gasteiger partial charge in [0, 0.05) is 44.6 Å².